The largest absolute Gasteiger partial charge is 0.399 e. The summed E-state index contributed by atoms with van der Waals surface area (Å²) >= 11 is 0. The van der Waals surface area contributed by atoms with Crippen LogP contribution in [0.15, 0.2) is 30.0 Å². The molecule has 0 bridgehead atoms. The third kappa shape index (κ3) is 1.16. The number of hydrogen-bond donors (Lipinski definition) is 0. The molecule has 2 rings (SSSR count). The molecule has 1 aliphatic rings. The van der Waals surface area contributed by atoms with Crippen LogP contribution < -0.4 is 5.19 Å². The van der Waals surface area contributed by atoms with Gasteiger partial charge in [-0.05, 0) is 11.3 Å². The van der Waals surface area contributed by atoms with Crippen LogP contribution in [0.4, 0.5) is 0 Å². The van der Waals surface area contributed by atoms with E-state index < -0.39 is 8.56 Å². The lowest BCUT2D eigenvalue weighted by Gasteiger charge is -2.21. The fraction of sp³-hybridized carbons (Fsp3) is 0.200. The molecule has 1 aromatic carbocycles. The Kier molecular flexibility index (Phi) is 2.07. The van der Waals surface area contributed by atoms with Crippen LogP contribution in [-0.2, 0) is 8.85 Å². The molecule has 0 unspecified atom stereocenters. The summed E-state index contributed by atoms with van der Waals surface area (Å²) in [4.78, 5) is 0. The molecule has 0 atom stereocenters. The third-order valence-corrected chi connectivity index (χ3v) is 5.45. The van der Waals surface area contributed by atoms with Gasteiger partial charge in [0.2, 0.25) is 0 Å². The lowest BCUT2D eigenvalue weighted by Crippen LogP contribution is -2.49. The minimum atomic E-state index is -2.18. The summed E-state index contributed by atoms with van der Waals surface area (Å²) in [5.74, 6) is 0. The van der Waals surface area contributed by atoms with Crippen LogP contribution in [-0.4, -0.2) is 22.8 Å². The Labute approximate surface area is 79.1 Å². The van der Waals surface area contributed by atoms with Gasteiger partial charge in [-0.1, -0.05) is 30.3 Å². The maximum atomic E-state index is 5.50. The highest BCUT2D eigenvalue weighted by Gasteiger charge is 2.40. The molecule has 0 saturated heterocycles. The van der Waals surface area contributed by atoms with Crippen molar-refractivity contribution in [2.45, 2.75) is 0 Å². The summed E-state index contributed by atoms with van der Waals surface area (Å²) in [7, 11) is 1.24. The Morgan fingerprint density at radius 2 is 1.77 bits per heavy atom. The molecule has 0 saturated carbocycles. The summed E-state index contributed by atoms with van der Waals surface area (Å²) in [6.45, 7) is 0. The molecule has 0 radical (unpaired) electrons. The van der Waals surface area contributed by atoms with E-state index in [1.807, 2.05) is 12.1 Å². The first kappa shape index (κ1) is 8.68. The van der Waals surface area contributed by atoms with E-state index in [4.69, 9.17) is 8.85 Å². The summed E-state index contributed by atoms with van der Waals surface area (Å²) in [6, 6.07) is 8.21. The summed E-state index contributed by atoms with van der Waals surface area (Å²) in [6.07, 6.45) is 2.08. The normalized spacial score (nSPS) is 17.4. The Morgan fingerprint density at radius 1 is 1.08 bits per heavy atom. The van der Waals surface area contributed by atoms with E-state index >= 15 is 0 Å². The van der Waals surface area contributed by atoms with Crippen LogP contribution in [0.2, 0.25) is 0 Å². The molecule has 1 heterocycles. The van der Waals surface area contributed by atoms with E-state index in [0.717, 1.165) is 0 Å². The predicted molar refractivity (Wildman–Crippen MR) is 54.9 cm³/mol. The average Bonchev–Trinajstić information content (AvgIpc) is 2.58. The number of benzene rings is 1. The maximum absolute atomic E-state index is 5.50. The minimum absolute atomic E-state index is 1.21. The summed E-state index contributed by atoms with van der Waals surface area (Å²) in [5, 5.41) is 1.21. The Bertz CT molecular complexity index is 343. The van der Waals surface area contributed by atoms with E-state index in [2.05, 4.69) is 23.9 Å². The molecule has 1 aliphatic heterocycles. The Hall–Kier alpha value is -0.903. The van der Waals surface area contributed by atoms with Crippen molar-refractivity contribution < 1.29 is 8.85 Å². The minimum Gasteiger partial charge on any atom is -0.391 e. The van der Waals surface area contributed by atoms with Crippen molar-refractivity contribution in [2.75, 3.05) is 14.2 Å². The number of rotatable bonds is 2. The monoisotopic (exact) mass is 192 g/mol. The Morgan fingerprint density at radius 3 is 2.46 bits per heavy atom. The molecule has 68 valence electrons. The van der Waals surface area contributed by atoms with Gasteiger partial charge in [-0.15, -0.1) is 0 Å². The van der Waals surface area contributed by atoms with Gasteiger partial charge >= 0.3 is 8.56 Å². The second kappa shape index (κ2) is 3.10. The van der Waals surface area contributed by atoms with Gasteiger partial charge in [-0.25, -0.2) is 0 Å². The Balaban J connectivity index is 2.53. The topological polar surface area (TPSA) is 18.5 Å². The first-order chi connectivity index (χ1) is 6.32. The second-order valence-corrected chi connectivity index (χ2v) is 6.02. The lowest BCUT2D eigenvalue weighted by molar-refractivity contribution is 0.272. The molecule has 2 nitrogen and oxygen atoms in total. The highest BCUT2D eigenvalue weighted by atomic mass is 28.4. The van der Waals surface area contributed by atoms with E-state index in [9.17, 15) is 0 Å². The van der Waals surface area contributed by atoms with Gasteiger partial charge in [0.25, 0.3) is 0 Å². The van der Waals surface area contributed by atoms with Crippen LogP contribution >= 0.6 is 0 Å². The van der Waals surface area contributed by atoms with Crippen molar-refractivity contribution in [3.05, 3.63) is 35.5 Å². The maximum Gasteiger partial charge on any atom is 0.399 e. The van der Waals surface area contributed by atoms with Crippen molar-refractivity contribution in [3.8, 4) is 0 Å². The molecular formula is C10H12O2Si. The molecule has 0 spiro atoms. The fourth-order valence-corrected chi connectivity index (χ4v) is 4.04. The highest BCUT2D eigenvalue weighted by Crippen LogP contribution is 2.19. The van der Waals surface area contributed by atoms with Crippen LogP contribution in [0, 0.1) is 0 Å². The zero-order valence-corrected chi connectivity index (χ0v) is 8.78. The second-order valence-electron chi connectivity index (χ2n) is 3.00. The van der Waals surface area contributed by atoms with Crippen LogP contribution in [0.3, 0.4) is 0 Å². The van der Waals surface area contributed by atoms with Gasteiger partial charge in [-0.3, -0.25) is 0 Å². The SMILES string of the molecule is CO[Si]1(OC)C=Cc2ccccc21. The van der Waals surface area contributed by atoms with Crippen molar-refractivity contribution in [2.24, 2.45) is 0 Å². The van der Waals surface area contributed by atoms with E-state index in [-0.39, 0.29) is 0 Å². The van der Waals surface area contributed by atoms with Crippen molar-refractivity contribution in [1.82, 2.24) is 0 Å². The zero-order valence-electron chi connectivity index (χ0n) is 7.78. The first-order valence-electron chi connectivity index (χ1n) is 4.21. The molecule has 0 N–H and O–H groups in total. The first-order valence-corrected chi connectivity index (χ1v) is 6.11. The van der Waals surface area contributed by atoms with Gasteiger partial charge in [0.1, 0.15) is 0 Å². The standard InChI is InChI=1S/C10H12O2Si/c1-11-13(12-2)8-7-9-5-3-4-6-10(9)13/h3-8H,1-2H3. The van der Waals surface area contributed by atoms with E-state index in [1.165, 1.54) is 10.8 Å². The van der Waals surface area contributed by atoms with Crippen LogP contribution in [0.1, 0.15) is 5.56 Å². The predicted octanol–water partition coefficient (Wildman–Crippen LogP) is 1.19. The van der Waals surface area contributed by atoms with Gasteiger partial charge in [0.15, 0.2) is 0 Å². The van der Waals surface area contributed by atoms with Crippen molar-refractivity contribution >= 4 is 19.8 Å². The third-order valence-electron chi connectivity index (χ3n) is 2.43. The molecule has 3 heteroatoms. The molecule has 0 aliphatic carbocycles. The lowest BCUT2D eigenvalue weighted by atomic mass is 10.2. The molecule has 13 heavy (non-hydrogen) atoms. The zero-order chi connectivity index (χ0) is 9.31. The van der Waals surface area contributed by atoms with E-state index in [1.54, 1.807) is 14.2 Å². The van der Waals surface area contributed by atoms with Crippen molar-refractivity contribution in [3.63, 3.8) is 0 Å². The average molecular weight is 192 g/mol. The summed E-state index contributed by atoms with van der Waals surface area (Å²) in [5.41, 5.74) is 3.29. The smallest absolute Gasteiger partial charge is 0.391 e. The fourth-order valence-electron chi connectivity index (χ4n) is 1.69. The highest BCUT2D eigenvalue weighted by molar-refractivity contribution is 6.88. The van der Waals surface area contributed by atoms with Gasteiger partial charge in [0, 0.05) is 19.4 Å². The molecule has 0 fully saturated rings. The van der Waals surface area contributed by atoms with Crippen LogP contribution in [0.5, 0.6) is 0 Å². The summed E-state index contributed by atoms with van der Waals surface area (Å²) < 4.78 is 11.0. The van der Waals surface area contributed by atoms with E-state index in [0.29, 0.717) is 0 Å². The van der Waals surface area contributed by atoms with Crippen LogP contribution in [0.25, 0.3) is 6.08 Å². The van der Waals surface area contributed by atoms with Gasteiger partial charge in [0.05, 0.1) is 0 Å². The molecular weight excluding hydrogens is 180 g/mol. The molecule has 0 amide bonds. The molecule has 1 aromatic rings. The van der Waals surface area contributed by atoms with Gasteiger partial charge < -0.3 is 8.85 Å². The molecule has 0 aromatic heterocycles. The number of hydrogen-bond acceptors (Lipinski definition) is 2. The van der Waals surface area contributed by atoms with Gasteiger partial charge in [-0.2, -0.15) is 0 Å². The number of fused-ring (bicyclic) bond motifs is 1. The quantitative estimate of drug-likeness (QED) is 0.655. The van der Waals surface area contributed by atoms with Crippen molar-refractivity contribution in [1.29, 1.82) is 0 Å².